The van der Waals surface area contributed by atoms with E-state index in [0.717, 1.165) is 31.2 Å². The number of nitrogens with zero attached hydrogens (tertiary/aromatic N) is 3. The van der Waals surface area contributed by atoms with E-state index < -0.39 is 0 Å². The fourth-order valence-electron chi connectivity index (χ4n) is 2.42. The second-order valence-corrected chi connectivity index (χ2v) is 5.72. The largest absolute Gasteiger partial charge is 0.469 e. The summed E-state index contributed by atoms with van der Waals surface area (Å²) in [6, 6.07) is 12.4. The van der Waals surface area contributed by atoms with Crippen LogP contribution in [0, 0.1) is 0 Å². The van der Waals surface area contributed by atoms with Crippen LogP contribution in [0.1, 0.15) is 11.3 Å². The zero-order chi connectivity index (χ0) is 16.7. The summed E-state index contributed by atoms with van der Waals surface area (Å²) in [4.78, 5) is 8.58. The van der Waals surface area contributed by atoms with Crippen LogP contribution in [0.25, 0.3) is 0 Å². The monoisotopic (exact) mass is 314 g/mol. The van der Waals surface area contributed by atoms with Gasteiger partial charge in [-0.2, -0.15) is 0 Å². The van der Waals surface area contributed by atoms with E-state index in [9.17, 15) is 0 Å². The lowest BCUT2D eigenvalue weighted by Crippen LogP contribution is -2.39. The van der Waals surface area contributed by atoms with Crippen LogP contribution in [0.4, 0.5) is 5.69 Å². The summed E-state index contributed by atoms with van der Waals surface area (Å²) in [7, 11) is 7.96. The molecule has 0 saturated carbocycles. The number of anilines is 1. The summed E-state index contributed by atoms with van der Waals surface area (Å²) in [6.07, 6.45) is 2.55. The molecule has 2 aromatic rings. The standard InChI is InChI=1S/C18H26N4O/c1-19-18(20-11-10-17-9-6-12-23-17)22(4)14-15-7-5-8-16(13-15)21(2)3/h5-9,12-13H,10-11,14H2,1-4H3,(H,19,20). The molecule has 0 amide bonds. The van der Waals surface area contributed by atoms with Gasteiger partial charge >= 0.3 is 0 Å². The fourth-order valence-corrected chi connectivity index (χ4v) is 2.42. The van der Waals surface area contributed by atoms with Crippen molar-refractivity contribution in [3.63, 3.8) is 0 Å². The molecule has 0 aliphatic rings. The highest BCUT2D eigenvalue weighted by Gasteiger charge is 2.07. The molecule has 23 heavy (non-hydrogen) atoms. The summed E-state index contributed by atoms with van der Waals surface area (Å²) in [5.74, 6) is 1.86. The molecule has 0 saturated heterocycles. The molecular formula is C18H26N4O. The molecule has 0 radical (unpaired) electrons. The van der Waals surface area contributed by atoms with Crippen LogP contribution in [0.2, 0.25) is 0 Å². The first-order valence-electron chi connectivity index (χ1n) is 7.80. The van der Waals surface area contributed by atoms with Crippen LogP contribution < -0.4 is 10.2 Å². The summed E-state index contributed by atoms with van der Waals surface area (Å²) < 4.78 is 5.34. The first kappa shape index (κ1) is 16.9. The van der Waals surface area contributed by atoms with Gasteiger partial charge in [0.25, 0.3) is 0 Å². The minimum absolute atomic E-state index is 0.794. The lowest BCUT2D eigenvalue weighted by molar-refractivity contribution is 0.470. The van der Waals surface area contributed by atoms with Gasteiger partial charge in [-0.3, -0.25) is 4.99 Å². The average molecular weight is 314 g/mol. The number of furan rings is 1. The van der Waals surface area contributed by atoms with E-state index in [1.54, 1.807) is 6.26 Å². The van der Waals surface area contributed by atoms with Crippen LogP contribution >= 0.6 is 0 Å². The van der Waals surface area contributed by atoms with Gasteiger partial charge in [0.2, 0.25) is 0 Å². The first-order chi connectivity index (χ1) is 11.1. The molecule has 5 nitrogen and oxygen atoms in total. The van der Waals surface area contributed by atoms with Crippen LogP contribution in [-0.2, 0) is 13.0 Å². The predicted octanol–water partition coefficient (Wildman–Crippen LogP) is 2.60. The maximum Gasteiger partial charge on any atom is 0.193 e. The summed E-state index contributed by atoms with van der Waals surface area (Å²) in [5, 5.41) is 3.37. The third kappa shape index (κ3) is 5.06. The normalized spacial score (nSPS) is 11.4. The lowest BCUT2D eigenvalue weighted by atomic mass is 10.2. The molecule has 5 heteroatoms. The second-order valence-electron chi connectivity index (χ2n) is 5.72. The number of benzene rings is 1. The Morgan fingerprint density at radius 3 is 2.65 bits per heavy atom. The van der Waals surface area contributed by atoms with Crippen molar-refractivity contribution in [2.24, 2.45) is 4.99 Å². The highest BCUT2D eigenvalue weighted by molar-refractivity contribution is 5.79. The smallest absolute Gasteiger partial charge is 0.193 e. The fraction of sp³-hybridized carbons (Fsp3) is 0.389. The Kier molecular flexibility index (Phi) is 6.09. The van der Waals surface area contributed by atoms with Gasteiger partial charge in [0.05, 0.1) is 6.26 Å². The Bertz CT molecular complexity index is 620. The highest BCUT2D eigenvalue weighted by atomic mass is 16.3. The van der Waals surface area contributed by atoms with Gasteiger partial charge in [0.1, 0.15) is 5.76 Å². The molecule has 0 fully saturated rings. The minimum atomic E-state index is 0.794. The van der Waals surface area contributed by atoms with E-state index in [-0.39, 0.29) is 0 Å². The van der Waals surface area contributed by atoms with Crippen molar-refractivity contribution in [2.45, 2.75) is 13.0 Å². The van der Waals surface area contributed by atoms with Crippen molar-refractivity contribution < 1.29 is 4.42 Å². The maximum atomic E-state index is 5.34. The zero-order valence-corrected chi connectivity index (χ0v) is 14.4. The van der Waals surface area contributed by atoms with E-state index in [0.29, 0.717) is 0 Å². The number of guanidine groups is 1. The SMILES string of the molecule is CN=C(NCCc1ccco1)N(C)Cc1cccc(N(C)C)c1. The number of aliphatic imine (C=N–C) groups is 1. The van der Waals surface area contributed by atoms with Gasteiger partial charge in [-0.15, -0.1) is 0 Å². The Morgan fingerprint density at radius 1 is 1.17 bits per heavy atom. The average Bonchev–Trinajstić information content (AvgIpc) is 3.05. The lowest BCUT2D eigenvalue weighted by Gasteiger charge is -2.23. The van der Waals surface area contributed by atoms with Crippen LogP contribution in [0.5, 0.6) is 0 Å². The molecule has 0 spiro atoms. The Morgan fingerprint density at radius 2 is 2.00 bits per heavy atom. The van der Waals surface area contributed by atoms with Crippen molar-refractivity contribution >= 4 is 11.6 Å². The van der Waals surface area contributed by atoms with Crippen molar-refractivity contribution in [1.82, 2.24) is 10.2 Å². The van der Waals surface area contributed by atoms with Crippen molar-refractivity contribution in [3.05, 3.63) is 54.0 Å². The molecular weight excluding hydrogens is 288 g/mol. The third-order valence-corrected chi connectivity index (χ3v) is 3.65. The van der Waals surface area contributed by atoms with Gasteiger partial charge in [0, 0.05) is 53.4 Å². The molecule has 1 aromatic heterocycles. The van der Waals surface area contributed by atoms with Crippen molar-refractivity contribution in [2.75, 3.05) is 39.6 Å². The summed E-state index contributed by atoms with van der Waals surface area (Å²) in [6.45, 7) is 1.60. The van der Waals surface area contributed by atoms with Crippen LogP contribution in [0.3, 0.4) is 0 Å². The minimum Gasteiger partial charge on any atom is -0.469 e. The van der Waals surface area contributed by atoms with Gasteiger partial charge < -0.3 is 19.5 Å². The molecule has 0 atom stereocenters. The Balaban J connectivity index is 1.89. The molecule has 124 valence electrons. The maximum absolute atomic E-state index is 5.34. The molecule has 0 unspecified atom stereocenters. The number of nitrogens with one attached hydrogen (secondary N) is 1. The topological polar surface area (TPSA) is 44.0 Å². The quantitative estimate of drug-likeness (QED) is 0.657. The number of hydrogen-bond acceptors (Lipinski definition) is 3. The second kappa shape index (κ2) is 8.27. The van der Waals surface area contributed by atoms with Crippen LogP contribution in [-0.4, -0.2) is 45.6 Å². The third-order valence-electron chi connectivity index (χ3n) is 3.65. The van der Waals surface area contributed by atoms with Gasteiger partial charge in [-0.05, 0) is 29.8 Å². The first-order valence-corrected chi connectivity index (χ1v) is 7.80. The molecule has 1 N–H and O–H groups in total. The molecule has 2 rings (SSSR count). The molecule has 0 aliphatic carbocycles. The number of hydrogen-bond donors (Lipinski definition) is 1. The zero-order valence-electron chi connectivity index (χ0n) is 14.4. The van der Waals surface area contributed by atoms with Gasteiger partial charge in [0.15, 0.2) is 5.96 Å². The van der Waals surface area contributed by atoms with Gasteiger partial charge in [-0.25, -0.2) is 0 Å². The highest BCUT2D eigenvalue weighted by Crippen LogP contribution is 2.14. The Labute approximate surface area is 138 Å². The summed E-state index contributed by atoms with van der Waals surface area (Å²) >= 11 is 0. The van der Waals surface area contributed by atoms with Crippen molar-refractivity contribution in [1.29, 1.82) is 0 Å². The molecule has 1 heterocycles. The molecule has 0 bridgehead atoms. The van der Waals surface area contributed by atoms with E-state index in [1.807, 2.05) is 26.2 Å². The van der Waals surface area contributed by atoms with E-state index in [1.165, 1.54) is 11.3 Å². The number of rotatable bonds is 6. The van der Waals surface area contributed by atoms with E-state index >= 15 is 0 Å². The van der Waals surface area contributed by atoms with E-state index in [4.69, 9.17) is 4.42 Å². The van der Waals surface area contributed by atoms with E-state index in [2.05, 4.69) is 58.5 Å². The molecule has 1 aromatic carbocycles. The predicted molar refractivity (Wildman–Crippen MR) is 96.0 cm³/mol. The van der Waals surface area contributed by atoms with Crippen molar-refractivity contribution in [3.8, 4) is 0 Å². The van der Waals surface area contributed by atoms with Crippen LogP contribution in [0.15, 0.2) is 52.1 Å². The Hall–Kier alpha value is -2.43. The molecule has 0 aliphatic heterocycles. The summed E-state index contributed by atoms with van der Waals surface area (Å²) in [5.41, 5.74) is 2.46. The van der Waals surface area contributed by atoms with Gasteiger partial charge in [-0.1, -0.05) is 12.1 Å².